The number of halogens is 1. The van der Waals surface area contributed by atoms with E-state index in [0.29, 0.717) is 37.9 Å². The van der Waals surface area contributed by atoms with Crippen LogP contribution < -0.4 is 5.32 Å². The zero-order valence-electron chi connectivity index (χ0n) is 15.6. The van der Waals surface area contributed by atoms with Crippen molar-refractivity contribution >= 4 is 51.9 Å². The standard InChI is InChI=1S/C21H14ClN3O4S/c1-12-16(22)3-2-4-17(12)23-21-24-20(26)19(30-21)11-15-9-10-18(29-15)13-5-7-14(8-6-13)25(27)28/h2-11H,1H3,(H,23,24,26)/b19-11-. The van der Waals surface area contributed by atoms with E-state index in [-0.39, 0.29) is 11.6 Å². The van der Waals surface area contributed by atoms with E-state index in [9.17, 15) is 14.9 Å². The lowest BCUT2D eigenvalue weighted by atomic mass is 10.1. The predicted octanol–water partition coefficient (Wildman–Crippen LogP) is 5.71. The van der Waals surface area contributed by atoms with Crippen molar-refractivity contribution in [3.63, 3.8) is 0 Å². The van der Waals surface area contributed by atoms with E-state index in [1.807, 2.05) is 13.0 Å². The van der Waals surface area contributed by atoms with Gasteiger partial charge in [0, 0.05) is 28.8 Å². The van der Waals surface area contributed by atoms with Gasteiger partial charge in [-0.15, -0.1) is 0 Å². The summed E-state index contributed by atoms with van der Waals surface area (Å²) in [6, 6.07) is 14.9. The summed E-state index contributed by atoms with van der Waals surface area (Å²) >= 11 is 7.33. The van der Waals surface area contributed by atoms with Gasteiger partial charge < -0.3 is 9.73 Å². The molecule has 3 aromatic rings. The zero-order valence-corrected chi connectivity index (χ0v) is 17.2. The number of carbonyl (C=O) groups excluding carboxylic acids is 1. The minimum absolute atomic E-state index is 0.00781. The van der Waals surface area contributed by atoms with E-state index in [4.69, 9.17) is 16.0 Å². The van der Waals surface area contributed by atoms with Crippen molar-refractivity contribution in [3.8, 4) is 11.3 Å². The number of hydrogen-bond acceptors (Lipinski definition) is 6. The maximum absolute atomic E-state index is 12.3. The molecular formula is C21H14ClN3O4S. The van der Waals surface area contributed by atoms with E-state index in [0.717, 1.165) is 5.56 Å². The molecule has 0 atom stereocenters. The number of amidine groups is 1. The molecule has 2 aromatic carbocycles. The fourth-order valence-electron chi connectivity index (χ4n) is 2.77. The first-order chi connectivity index (χ1) is 14.4. The highest BCUT2D eigenvalue weighted by atomic mass is 35.5. The normalized spacial score (nSPS) is 16.3. The van der Waals surface area contributed by atoms with Gasteiger partial charge in [0.05, 0.1) is 15.5 Å². The molecule has 1 saturated heterocycles. The number of aliphatic imine (C=N–C) groups is 1. The minimum Gasteiger partial charge on any atom is -0.457 e. The summed E-state index contributed by atoms with van der Waals surface area (Å²) < 4.78 is 5.77. The fourth-order valence-corrected chi connectivity index (χ4v) is 3.75. The van der Waals surface area contributed by atoms with Gasteiger partial charge in [0.25, 0.3) is 11.6 Å². The van der Waals surface area contributed by atoms with E-state index < -0.39 is 4.92 Å². The summed E-state index contributed by atoms with van der Waals surface area (Å²) in [5.41, 5.74) is 2.23. The number of furan rings is 1. The van der Waals surface area contributed by atoms with Crippen LogP contribution in [0.4, 0.5) is 11.4 Å². The second kappa shape index (κ2) is 8.17. The van der Waals surface area contributed by atoms with Gasteiger partial charge >= 0.3 is 0 Å². The molecule has 0 aliphatic carbocycles. The van der Waals surface area contributed by atoms with Gasteiger partial charge in [-0.25, -0.2) is 4.99 Å². The molecule has 1 aliphatic rings. The average Bonchev–Trinajstić information content (AvgIpc) is 3.32. The van der Waals surface area contributed by atoms with Crippen LogP contribution in [0.3, 0.4) is 0 Å². The molecule has 2 heterocycles. The van der Waals surface area contributed by atoms with Crippen LogP contribution in [0.15, 0.2) is 68.9 Å². The monoisotopic (exact) mass is 439 g/mol. The molecule has 150 valence electrons. The number of benzene rings is 2. The lowest BCUT2D eigenvalue weighted by molar-refractivity contribution is -0.384. The van der Waals surface area contributed by atoms with Gasteiger partial charge in [0.15, 0.2) is 5.17 Å². The Morgan fingerprint density at radius 1 is 1.17 bits per heavy atom. The molecule has 1 fully saturated rings. The van der Waals surface area contributed by atoms with Crippen molar-refractivity contribution in [1.82, 2.24) is 5.32 Å². The number of carbonyl (C=O) groups is 1. The predicted molar refractivity (Wildman–Crippen MR) is 118 cm³/mol. The molecular weight excluding hydrogens is 426 g/mol. The summed E-state index contributed by atoms with van der Waals surface area (Å²) in [4.78, 5) is 27.5. The number of nitrogens with one attached hydrogen (secondary N) is 1. The SMILES string of the molecule is Cc1c(Cl)cccc1N=C1NC(=O)/C(=C/c2ccc(-c3ccc([N+](=O)[O-])cc3)o2)S1. The third kappa shape index (κ3) is 4.14. The summed E-state index contributed by atoms with van der Waals surface area (Å²) in [6.07, 6.45) is 1.63. The number of rotatable bonds is 4. The van der Waals surface area contributed by atoms with Crippen LogP contribution in [0.1, 0.15) is 11.3 Å². The molecule has 4 rings (SSSR count). The largest absolute Gasteiger partial charge is 0.457 e. The van der Waals surface area contributed by atoms with E-state index in [2.05, 4.69) is 10.3 Å². The lowest BCUT2D eigenvalue weighted by Crippen LogP contribution is -2.19. The molecule has 0 unspecified atom stereocenters. The Kier molecular flexibility index (Phi) is 5.43. The molecule has 1 aromatic heterocycles. The van der Waals surface area contributed by atoms with Crippen LogP contribution in [0.5, 0.6) is 0 Å². The number of nitro groups is 1. The fraction of sp³-hybridized carbons (Fsp3) is 0.0476. The van der Waals surface area contributed by atoms with E-state index in [1.54, 1.807) is 42.5 Å². The van der Waals surface area contributed by atoms with Crippen molar-refractivity contribution in [1.29, 1.82) is 0 Å². The van der Waals surface area contributed by atoms with Crippen molar-refractivity contribution in [2.24, 2.45) is 4.99 Å². The van der Waals surface area contributed by atoms with Crippen LogP contribution in [0, 0.1) is 17.0 Å². The highest BCUT2D eigenvalue weighted by Gasteiger charge is 2.24. The summed E-state index contributed by atoms with van der Waals surface area (Å²) in [5.74, 6) is 0.761. The minimum atomic E-state index is -0.457. The van der Waals surface area contributed by atoms with Gasteiger partial charge in [-0.2, -0.15) is 0 Å². The van der Waals surface area contributed by atoms with Crippen LogP contribution in [-0.4, -0.2) is 16.0 Å². The molecule has 0 spiro atoms. The first-order valence-electron chi connectivity index (χ1n) is 8.80. The Bertz CT molecular complexity index is 1220. The van der Waals surface area contributed by atoms with Crippen molar-refractivity contribution in [2.45, 2.75) is 6.92 Å². The molecule has 30 heavy (non-hydrogen) atoms. The van der Waals surface area contributed by atoms with Gasteiger partial charge in [-0.3, -0.25) is 14.9 Å². The maximum atomic E-state index is 12.3. The van der Waals surface area contributed by atoms with Crippen molar-refractivity contribution < 1.29 is 14.1 Å². The van der Waals surface area contributed by atoms with Crippen LogP contribution in [-0.2, 0) is 4.79 Å². The number of amides is 1. The Morgan fingerprint density at radius 3 is 2.67 bits per heavy atom. The van der Waals surface area contributed by atoms with Gasteiger partial charge in [-0.1, -0.05) is 17.7 Å². The summed E-state index contributed by atoms with van der Waals surface area (Å²) in [6.45, 7) is 1.86. The topological polar surface area (TPSA) is 97.7 Å². The first-order valence-corrected chi connectivity index (χ1v) is 9.99. The highest BCUT2D eigenvalue weighted by molar-refractivity contribution is 8.18. The van der Waals surface area contributed by atoms with Gasteiger partial charge in [0.1, 0.15) is 11.5 Å². The quantitative estimate of drug-likeness (QED) is 0.319. The third-order valence-corrected chi connectivity index (χ3v) is 5.69. The first kappa shape index (κ1) is 19.9. The van der Waals surface area contributed by atoms with E-state index >= 15 is 0 Å². The molecule has 0 saturated carbocycles. The maximum Gasteiger partial charge on any atom is 0.269 e. The molecule has 9 heteroatoms. The lowest BCUT2D eigenvalue weighted by Gasteiger charge is -2.02. The smallest absolute Gasteiger partial charge is 0.269 e. The van der Waals surface area contributed by atoms with Crippen LogP contribution in [0.2, 0.25) is 5.02 Å². The zero-order chi connectivity index (χ0) is 21.3. The second-order valence-corrected chi connectivity index (χ2v) is 7.81. The molecule has 0 radical (unpaired) electrons. The number of nitrogens with zero attached hydrogens (tertiary/aromatic N) is 2. The molecule has 0 bridgehead atoms. The van der Waals surface area contributed by atoms with Crippen LogP contribution in [0.25, 0.3) is 17.4 Å². The van der Waals surface area contributed by atoms with Crippen molar-refractivity contribution in [2.75, 3.05) is 0 Å². The number of nitro benzene ring substituents is 1. The average molecular weight is 440 g/mol. The summed E-state index contributed by atoms with van der Waals surface area (Å²) in [5, 5.41) is 14.6. The molecule has 7 nitrogen and oxygen atoms in total. The summed E-state index contributed by atoms with van der Waals surface area (Å²) in [7, 11) is 0. The van der Waals surface area contributed by atoms with Gasteiger partial charge in [-0.05, 0) is 60.6 Å². The molecule has 1 N–H and O–H groups in total. The highest BCUT2D eigenvalue weighted by Crippen LogP contribution is 2.32. The molecule has 1 aliphatic heterocycles. The Labute approximate surface area is 180 Å². The Balaban J connectivity index is 1.54. The third-order valence-electron chi connectivity index (χ3n) is 4.37. The Hall–Kier alpha value is -3.36. The van der Waals surface area contributed by atoms with E-state index in [1.165, 1.54) is 23.9 Å². The van der Waals surface area contributed by atoms with Gasteiger partial charge in [0.2, 0.25) is 0 Å². The number of thioether (sulfide) groups is 1. The Morgan fingerprint density at radius 2 is 1.93 bits per heavy atom. The van der Waals surface area contributed by atoms with Crippen LogP contribution >= 0.6 is 23.4 Å². The number of hydrogen-bond donors (Lipinski definition) is 1. The van der Waals surface area contributed by atoms with Crippen molar-refractivity contribution in [3.05, 3.63) is 86.0 Å². The number of non-ortho nitro benzene ring substituents is 1. The second-order valence-electron chi connectivity index (χ2n) is 6.37. The molecule has 1 amide bonds.